The molecule has 4 nitrogen and oxygen atoms in total. The standard InChI is InChI=1S/C9H12ClNO3S/c1-7(12)6-11-15(13,14)9-4-2-8(10)3-5-9/h2-5,7,11-12H,6H2,1H3/t7-/m1/s1. The second-order valence-corrected chi connectivity index (χ2v) is 5.36. The summed E-state index contributed by atoms with van der Waals surface area (Å²) in [4.78, 5) is 0.132. The van der Waals surface area contributed by atoms with Crippen LogP contribution in [-0.2, 0) is 10.0 Å². The summed E-state index contributed by atoms with van der Waals surface area (Å²) in [6, 6.07) is 5.82. The number of halogens is 1. The predicted molar refractivity (Wildman–Crippen MR) is 58.3 cm³/mol. The van der Waals surface area contributed by atoms with Crippen molar-refractivity contribution in [2.75, 3.05) is 6.54 Å². The van der Waals surface area contributed by atoms with E-state index in [0.717, 1.165) is 0 Å². The highest BCUT2D eigenvalue weighted by atomic mass is 35.5. The van der Waals surface area contributed by atoms with E-state index in [1.165, 1.54) is 31.2 Å². The van der Waals surface area contributed by atoms with Crippen molar-refractivity contribution in [3.63, 3.8) is 0 Å². The zero-order chi connectivity index (χ0) is 11.5. The Bertz CT molecular complexity index is 413. The second-order valence-electron chi connectivity index (χ2n) is 3.15. The van der Waals surface area contributed by atoms with Crippen molar-refractivity contribution in [3.8, 4) is 0 Å². The third-order valence-corrected chi connectivity index (χ3v) is 3.38. The van der Waals surface area contributed by atoms with Crippen molar-refractivity contribution >= 4 is 21.6 Å². The Kier molecular flexibility index (Phi) is 4.10. The molecule has 0 fully saturated rings. The Balaban J connectivity index is 2.82. The van der Waals surface area contributed by atoms with Gasteiger partial charge in [0, 0.05) is 11.6 Å². The molecule has 1 rings (SSSR count). The molecular weight excluding hydrogens is 238 g/mol. The number of sulfonamides is 1. The first kappa shape index (κ1) is 12.4. The maximum atomic E-state index is 11.6. The minimum absolute atomic E-state index is 0.00897. The summed E-state index contributed by atoms with van der Waals surface area (Å²) < 4.78 is 25.4. The van der Waals surface area contributed by atoms with Crippen LogP contribution in [0.15, 0.2) is 29.2 Å². The van der Waals surface area contributed by atoms with E-state index in [-0.39, 0.29) is 11.4 Å². The molecule has 0 aromatic heterocycles. The molecule has 0 aliphatic rings. The van der Waals surface area contributed by atoms with Gasteiger partial charge in [0.25, 0.3) is 0 Å². The number of aliphatic hydroxyl groups excluding tert-OH is 1. The first-order chi connectivity index (χ1) is 6.92. The molecule has 0 heterocycles. The minimum Gasteiger partial charge on any atom is -0.392 e. The molecule has 1 aromatic rings. The van der Waals surface area contributed by atoms with Crippen LogP contribution < -0.4 is 4.72 Å². The zero-order valence-electron chi connectivity index (χ0n) is 8.14. The number of rotatable bonds is 4. The Hall–Kier alpha value is -0.620. The fourth-order valence-electron chi connectivity index (χ4n) is 0.927. The summed E-state index contributed by atoms with van der Waals surface area (Å²) in [5.74, 6) is 0. The molecule has 2 N–H and O–H groups in total. The topological polar surface area (TPSA) is 66.4 Å². The van der Waals surface area contributed by atoms with E-state index in [0.29, 0.717) is 5.02 Å². The number of hydrogen-bond donors (Lipinski definition) is 2. The first-order valence-electron chi connectivity index (χ1n) is 4.35. The molecule has 0 spiro atoms. The van der Waals surface area contributed by atoms with Gasteiger partial charge in [0.2, 0.25) is 10.0 Å². The van der Waals surface area contributed by atoms with Crippen LogP contribution in [-0.4, -0.2) is 26.2 Å². The SMILES string of the molecule is C[C@@H](O)CNS(=O)(=O)c1ccc(Cl)cc1. The average molecular weight is 250 g/mol. The molecule has 15 heavy (non-hydrogen) atoms. The van der Waals surface area contributed by atoms with Gasteiger partial charge in [-0.15, -0.1) is 0 Å². The molecule has 0 radical (unpaired) electrons. The fraction of sp³-hybridized carbons (Fsp3) is 0.333. The molecular formula is C9H12ClNO3S. The highest BCUT2D eigenvalue weighted by Gasteiger charge is 2.13. The van der Waals surface area contributed by atoms with Gasteiger partial charge < -0.3 is 5.11 Å². The van der Waals surface area contributed by atoms with Crippen molar-refractivity contribution in [1.82, 2.24) is 4.72 Å². The smallest absolute Gasteiger partial charge is 0.240 e. The maximum Gasteiger partial charge on any atom is 0.240 e. The van der Waals surface area contributed by atoms with Gasteiger partial charge in [0.15, 0.2) is 0 Å². The number of benzene rings is 1. The van der Waals surface area contributed by atoms with Gasteiger partial charge >= 0.3 is 0 Å². The lowest BCUT2D eigenvalue weighted by Crippen LogP contribution is -2.30. The van der Waals surface area contributed by atoms with E-state index in [4.69, 9.17) is 16.7 Å². The maximum absolute atomic E-state index is 11.6. The number of nitrogens with one attached hydrogen (secondary N) is 1. The lowest BCUT2D eigenvalue weighted by molar-refractivity contribution is 0.198. The molecule has 0 saturated carbocycles. The molecule has 0 amide bonds. The van der Waals surface area contributed by atoms with E-state index in [1.54, 1.807) is 0 Å². The van der Waals surface area contributed by atoms with Crippen molar-refractivity contribution in [3.05, 3.63) is 29.3 Å². The zero-order valence-corrected chi connectivity index (χ0v) is 9.72. The molecule has 1 atom stereocenters. The van der Waals surface area contributed by atoms with E-state index < -0.39 is 16.1 Å². The lowest BCUT2D eigenvalue weighted by atomic mass is 10.4. The van der Waals surface area contributed by atoms with Crippen LogP contribution in [0.1, 0.15) is 6.92 Å². The highest BCUT2D eigenvalue weighted by molar-refractivity contribution is 7.89. The van der Waals surface area contributed by atoms with Gasteiger partial charge in [-0.05, 0) is 31.2 Å². The molecule has 84 valence electrons. The Morgan fingerprint density at radius 1 is 1.40 bits per heavy atom. The quantitative estimate of drug-likeness (QED) is 0.837. The van der Waals surface area contributed by atoms with Crippen LogP contribution >= 0.6 is 11.6 Å². The minimum atomic E-state index is -3.54. The van der Waals surface area contributed by atoms with Crippen molar-refractivity contribution in [2.24, 2.45) is 0 Å². The van der Waals surface area contributed by atoms with Crippen LogP contribution in [0.25, 0.3) is 0 Å². The fourth-order valence-corrected chi connectivity index (χ4v) is 2.18. The third kappa shape index (κ3) is 3.79. The van der Waals surface area contributed by atoms with Crippen molar-refractivity contribution in [1.29, 1.82) is 0 Å². The van der Waals surface area contributed by atoms with Gasteiger partial charge in [0.05, 0.1) is 11.0 Å². The van der Waals surface area contributed by atoms with E-state index in [9.17, 15) is 8.42 Å². The summed E-state index contributed by atoms with van der Waals surface area (Å²) in [6.45, 7) is 1.50. The van der Waals surface area contributed by atoms with E-state index in [1.807, 2.05) is 0 Å². The first-order valence-corrected chi connectivity index (χ1v) is 6.21. The van der Waals surface area contributed by atoms with Gasteiger partial charge in [0.1, 0.15) is 0 Å². The summed E-state index contributed by atoms with van der Waals surface area (Å²) in [7, 11) is -3.54. The molecule has 1 aromatic carbocycles. The van der Waals surface area contributed by atoms with Crippen LogP contribution in [0.3, 0.4) is 0 Å². The summed E-state index contributed by atoms with van der Waals surface area (Å²) in [5.41, 5.74) is 0. The van der Waals surface area contributed by atoms with Gasteiger partial charge in [-0.1, -0.05) is 11.6 Å². The Labute approximate surface area is 93.9 Å². The van der Waals surface area contributed by atoms with Crippen LogP contribution in [0.5, 0.6) is 0 Å². The molecule has 0 bridgehead atoms. The molecule has 0 aliphatic carbocycles. The predicted octanol–water partition coefficient (Wildman–Crippen LogP) is 0.999. The Morgan fingerprint density at radius 2 is 1.93 bits per heavy atom. The molecule has 0 saturated heterocycles. The monoisotopic (exact) mass is 249 g/mol. The van der Waals surface area contributed by atoms with Gasteiger partial charge in [-0.3, -0.25) is 0 Å². The van der Waals surface area contributed by atoms with Crippen LogP contribution in [0.2, 0.25) is 5.02 Å². The molecule has 6 heteroatoms. The van der Waals surface area contributed by atoms with Crippen molar-refractivity contribution < 1.29 is 13.5 Å². The number of aliphatic hydroxyl groups is 1. The van der Waals surface area contributed by atoms with Gasteiger partial charge in [-0.2, -0.15) is 0 Å². The lowest BCUT2D eigenvalue weighted by Gasteiger charge is -2.08. The molecule has 0 aliphatic heterocycles. The normalized spacial score (nSPS) is 13.8. The second kappa shape index (κ2) is 4.94. The molecule has 0 unspecified atom stereocenters. The van der Waals surface area contributed by atoms with E-state index in [2.05, 4.69) is 4.72 Å². The van der Waals surface area contributed by atoms with Crippen LogP contribution in [0, 0.1) is 0 Å². The highest BCUT2D eigenvalue weighted by Crippen LogP contribution is 2.13. The van der Waals surface area contributed by atoms with Crippen LogP contribution in [0.4, 0.5) is 0 Å². The van der Waals surface area contributed by atoms with Crippen molar-refractivity contribution in [2.45, 2.75) is 17.9 Å². The summed E-state index contributed by atoms with van der Waals surface area (Å²) >= 11 is 5.63. The summed E-state index contributed by atoms with van der Waals surface area (Å²) in [6.07, 6.45) is -0.716. The van der Waals surface area contributed by atoms with E-state index >= 15 is 0 Å². The number of hydrogen-bond acceptors (Lipinski definition) is 3. The Morgan fingerprint density at radius 3 is 2.40 bits per heavy atom. The van der Waals surface area contributed by atoms with Gasteiger partial charge in [-0.25, -0.2) is 13.1 Å². The average Bonchev–Trinajstić information content (AvgIpc) is 2.16. The largest absolute Gasteiger partial charge is 0.392 e. The summed E-state index contributed by atoms with van der Waals surface area (Å²) in [5, 5.41) is 9.44. The third-order valence-electron chi connectivity index (χ3n) is 1.69.